The van der Waals surface area contributed by atoms with Gasteiger partial charge in [0.15, 0.2) is 11.6 Å². The average molecular weight is 424 g/mol. The molecule has 0 fully saturated rings. The van der Waals surface area contributed by atoms with Crippen molar-refractivity contribution < 1.29 is 13.2 Å². The minimum Gasteiger partial charge on any atom is -0.206 e. The van der Waals surface area contributed by atoms with Crippen LogP contribution in [0.15, 0.2) is 72.8 Å². The molecule has 0 bridgehead atoms. The van der Waals surface area contributed by atoms with E-state index in [1.807, 2.05) is 30.3 Å². The van der Waals surface area contributed by atoms with E-state index in [1.165, 1.54) is 12.1 Å². The second kappa shape index (κ2) is 9.46. The van der Waals surface area contributed by atoms with Crippen LogP contribution in [0.2, 0.25) is 0 Å². The molecule has 156 valence electrons. The minimum absolute atomic E-state index is 0.231. The summed E-state index contributed by atoms with van der Waals surface area (Å²) in [7, 11) is 0. The quantitative estimate of drug-likeness (QED) is 0.304. The molecule has 0 nitrogen and oxygen atoms in total. The molecule has 0 spiro atoms. The highest BCUT2D eigenvalue weighted by molar-refractivity contribution is 5.84. The molecule has 0 atom stereocenters. The van der Waals surface area contributed by atoms with Gasteiger partial charge in [0.25, 0.3) is 0 Å². The topological polar surface area (TPSA) is 0 Å². The van der Waals surface area contributed by atoms with Gasteiger partial charge in [-0.3, -0.25) is 0 Å². The Hall–Kier alpha value is -3.95. The third-order valence-corrected chi connectivity index (χ3v) is 5.06. The Morgan fingerprint density at radius 2 is 1.28 bits per heavy atom. The number of hydrogen-bond acceptors (Lipinski definition) is 0. The first kappa shape index (κ1) is 21.3. The number of benzene rings is 4. The molecule has 0 radical (unpaired) electrons. The predicted octanol–water partition coefficient (Wildman–Crippen LogP) is 7.01. The molecule has 0 heterocycles. The van der Waals surface area contributed by atoms with Crippen molar-refractivity contribution in [1.29, 1.82) is 0 Å². The fourth-order valence-electron chi connectivity index (χ4n) is 3.37. The summed E-state index contributed by atoms with van der Waals surface area (Å²) in [5, 5.41) is 0.825. The van der Waals surface area contributed by atoms with Gasteiger partial charge in [0, 0.05) is 22.1 Å². The van der Waals surface area contributed by atoms with Gasteiger partial charge < -0.3 is 0 Å². The molecule has 0 N–H and O–H groups in total. The third-order valence-electron chi connectivity index (χ3n) is 5.06. The van der Waals surface area contributed by atoms with E-state index < -0.39 is 11.6 Å². The summed E-state index contributed by atoms with van der Waals surface area (Å²) in [5.41, 5.74) is 3.60. The van der Waals surface area contributed by atoms with Crippen LogP contribution in [0.5, 0.6) is 0 Å². The van der Waals surface area contributed by atoms with E-state index in [4.69, 9.17) is 0 Å². The first-order valence-corrected chi connectivity index (χ1v) is 10.3. The number of fused-ring (bicyclic) bond motifs is 1. The molecule has 4 aromatic carbocycles. The van der Waals surface area contributed by atoms with Crippen molar-refractivity contribution in [3.63, 3.8) is 0 Å². The molecule has 0 aromatic heterocycles. The van der Waals surface area contributed by atoms with Gasteiger partial charge in [-0.1, -0.05) is 55.2 Å². The Morgan fingerprint density at radius 1 is 0.625 bits per heavy atom. The van der Waals surface area contributed by atoms with Gasteiger partial charge in [-0.05, 0) is 72.0 Å². The standard InChI is InChI=1S/C29H19F3/c1-2-3-22-11-14-24(28(31)19-22)13-10-21-6-4-20(5-7-21)8-9-23-12-16-26-25(18-23)15-17-27(30)29(26)32/h4-7,11-12,14-19H,2-3H2,1H3. The number of aryl methyl sites for hydroxylation is 1. The molecular formula is C29H19F3. The lowest BCUT2D eigenvalue weighted by Crippen LogP contribution is -1.89. The maximum atomic E-state index is 14.2. The summed E-state index contributed by atoms with van der Waals surface area (Å²) in [4.78, 5) is 0. The molecular weight excluding hydrogens is 405 g/mol. The van der Waals surface area contributed by atoms with Crippen molar-refractivity contribution in [3.8, 4) is 23.7 Å². The SMILES string of the molecule is CCCc1ccc(C#Cc2ccc(C#Cc3ccc4c(F)c(F)ccc4c3)cc2)c(F)c1. The summed E-state index contributed by atoms with van der Waals surface area (Å²) in [6.07, 6.45) is 1.82. The fourth-order valence-corrected chi connectivity index (χ4v) is 3.37. The van der Waals surface area contributed by atoms with Gasteiger partial charge in [0.05, 0.1) is 5.56 Å². The molecule has 4 rings (SSSR count). The molecule has 4 aromatic rings. The first-order valence-electron chi connectivity index (χ1n) is 10.3. The smallest absolute Gasteiger partial charge is 0.166 e. The highest BCUT2D eigenvalue weighted by atomic mass is 19.2. The first-order chi connectivity index (χ1) is 15.5. The predicted molar refractivity (Wildman–Crippen MR) is 123 cm³/mol. The molecule has 0 saturated heterocycles. The largest absolute Gasteiger partial charge is 0.206 e. The van der Waals surface area contributed by atoms with Crippen molar-refractivity contribution in [1.82, 2.24) is 0 Å². The average Bonchev–Trinajstić information content (AvgIpc) is 2.80. The molecule has 0 unspecified atom stereocenters. The van der Waals surface area contributed by atoms with Gasteiger partial charge in [-0.25, -0.2) is 13.2 Å². The van der Waals surface area contributed by atoms with Crippen molar-refractivity contribution in [3.05, 3.63) is 118 Å². The van der Waals surface area contributed by atoms with Crippen LogP contribution in [0.3, 0.4) is 0 Å². The maximum Gasteiger partial charge on any atom is 0.166 e. The van der Waals surface area contributed by atoms with Gasteiger partial charge in [0.2, 0.25) is 0 Å². The summed E-state index contributed by atoms with van der Waals surface area (Å²) >= 11 is 0. The lowest BCUT2D eigenvalue weighted by molar-refractivity contribution is 0.517. The van der Waals surface area contributed by atoms with Crippen LogP contribution in [-0.4, -0.2) is 0 Å². The number of hydrogen-bond donors (Lipinski definition) is 0. The number of rotatable bonds is 2. The molecule has 3 heteroatoms. The van der Waals surface area contributed by atoms with Gasteiger partial charge in [0.1, 0.15) is 5.82 Å². The fraction of sp³-hybridized carbons (Fsp3) is 0.103. The lowest BCUT2D eigenvalue weighted by atomic mass is 10.1. The van der Waals surface area contributed by atoms with Crippen LogP contribution >= 0.6 is 0 Å². The second-order valence-corrected chi connectivity index (χ2v) is 7.44. The number of halogens is 3. The Morgan fingerprint density at radius 3 is 1.97 bits per heavy atom. The highest BCUT2D eigenvalue weighted by Crippen LogP contribution is 2.21. The molecule has 0 aliphatic rings. The summed E-state index contributed by atoms with van der Waals surface area (Å²) in [6, 6.07) is 20.1. The molecule has 0 aliphatic carbocycles. The maximum absolute atomic E-state index is 14.2. The zero-order valence-corrected chi connectivity index (χ0v) is 17.5. The van der Waals surface area contributed by atoms with Crippen LogP contribution < -0.4 is 0 Å². The Labute approximate surface area is 185 Å². The van der Waals surface area contributed by atoms with Crippen LogP contribution in [0.1, 0.15) is 41.2 Å². The van der Waals surface area contributed by atoms with Gasteiger partial charge in [-0.2, -0.15) is 0 Å². The van der Waals surface area contributed by atoms with Crippen molar-refractivity contribution in [2.75, 3.05) is 0 Å². The Bertz CT molecular complexity index is 1410. The zero-order valence-electron chi connectivity index (χ0n) is 17.5. The third kappa shape index (κ3) is 4.85. The van der Waals surface area contributed by atoms with E-state index in [2.05, 4.69) is 30.6 Å². The van der Waals surface area contributed by atoms with Gasteiger partial charge >= 0.3 is 0 Å². The van der Waals surface area contributed by atoms with E-state index in [9.17, 15) is 13.2 Å². The molecule has 0 amide bonds. The molecule has 32 heavy (non-hydrogen) atoms. The second-order valence-electron chi connectivity index (χ2n) is 7.44. The minimum atomic E-state index is -0.865. The summed E-state index contributed by atoms with van der Waals surface area (Å²) in [6.45, 7) is 2.06. The van der Waals surface area contributed by atoms with E-state index in [0.717, 1.165) is 35.6 Å². The van der Waals surface area contributed by atoms with E-state index in [0.29, 0.717) is 16.5 Å². The van der Waals surface area contributed by atoms with E-state index in [-0.39, 0.29) is 11.2 Å². The zero-order chi connectivity index (χ0) is 22.5. The lowest BCUT2D eigenvalue weighted by Gasteiger charge is -2.01. The summed E-state index contributed by atoms with van der Waals surface area (Å²) < 4.78 is 41.3. The van der Waals surface area contributed by atoms with Gasteiger partial charge in [-0.15, -0.1) is 0 Å². The Kier molecular flexibility index (Phi) is 6.29. The van der Waals surface area contributed by atoms with Crippen LogP contribution in [-0.2, 0) is 6.42 Å². The van der Waals surface area contributed by atoms with E-state index in [1.54, 1.807) is 24.3 Å². The normalized spacial score (nSPS) is 10.2. The Balaban J connectivity index is 1.50. The van der Waals surface area contributed by atoms with Crippen LogP contribution in [0, 0.1) is 41.1 Å². The molecule has 0 saturated carbocycles. The van der Waals surface area contributed by atoms with Crippen molar-refractivity contribution in [2.45, 2.75) is 19.8 Å². The summed E-state index contributed by atoms with van der Waals surface area (Å²) in [5.74, 6) is 9.93. The highest BCUT2D eigenvalue weighted by Gasteiger charge is 2.06. The monoisotopic (exact) mass is 424 g/mol. The van der Waals surface area contributed by atoms with E-state index >= 15 is 0 Å². The van der Waals surface area contributed by atoms with Crippen molar-refractivity contribution in [2.24, 2.45) is 0 Å². The van der Waals surface area contributed by atoms with Crippen molar-refractivity contribution >= 4 is 10.8 Å². The van der Waals surface area contributed by atoms with Crippen LogP contribution in [0.4, 0.5) is 13.2 Å². The van der Waals surface area contributed by atoms with Crippen LogP contribution in [0.25, 0.3) is 10.8 Å². The molecule has 0 aliphatic heterocycles.